The van der Waals surface area contributed by atoms with Crippen LogP contribution in [0.4, 0.5) is 0 Å². The normalized spacial score (nSPS) is 51.1. The first-order chi connectivity index (χ1) is 9.58. The van der Waals surface area contributed by atoms with Gasteiger partial charge in [-0.25, -0.2) is 0 Å². The summed E-state index contributed by atoms with van der Waals surface area (Å²) in [5.74, 6) is 3.05. The van der Waals surface area contributed by atoms with Gasteiger partial charge in [-0.3, -0.25) is 4.90 Å². The lowest BCUT2D eigenvalue weighted by Crippen LogP contribution is -2.57. The highest BCUT2D eigenvalue weighted by Gasteiger charge is 2.51. The van der Waals surface area contributed by atoms with Crippen LogP contribution in [0.2, 0.25) is 0 Å². The molecule has 1 atom stereocenters. The molecule has 4 aliphatic carbocycles. The molecular weight excluding hydrogens is 246 g/mol. The van der Waals surface area contributed by atoms with Crippen LogP contribution in [0.25, 0.3) is 0 Å². The van der Waals surface area contributed by atoms with E-state index in [-0.39, 0.29) is 0 Å². The molecule has 1 saturated heterocycles. The zero-order valence-corrected chi connectivity index (χ0v) is 12.5. The van der Waals surface area contributed by atoms with Gasteiger partial charge in [0.15, 0.2) is 0 Å². The maximum absolute atomic E-state index is 9.30. The summed E-state index contributed by atoms with van der Waals surface area (Å²) < 4.78 is 0. The van der Waals surface area contributed by atoms with Gasteiger partial charge in [0.25, 0.3) is 0 Å². The molecule has 0 aromatic rings. The third-order valence-electron chi connectivity index (χ3n) is 6.55. The molecule has 1 unspecified atom stereocenters. The maximum Gasteiger partial charge on any atom is 0.117 e. The zero-order valence-electron chi connectivity index (χ0n) is 12.5. The summed E-state index contributed by atoms with van der Waals surface area (Å²) in [6, 6.07) is 2.35. The lowest BCUT2D eigenvalue weighted by Gasteiger charge is -2.58. The smallest absolute Gasteiger partial charge is 0.117 e. The van der Waals surface area contributed by atoms with Crippen LogP contribution >= 0.6 is 0 Å². The van der Waals surface area contributed by atoms with E-state index in [1.54, 1.807) is 0 Å². The Bertz CT molecular complexity index is 403. The average Bonchev–Trinajstić information content (AvgIpc) is 2.36. The second kappa shape index (κ2) is 4.45. The molecule has 0 spiro atoms. The van der Waals surface area contributed by atoms with Gasteiger partial charge in [-0.2, -0.15) is 5.26 Å². The molecule has 2 N–H and O–H groups in total. The van der Waals surface area contributed by atoms with E-state index in [0.717, 1.165) is 43.7 Å². The second-order valence-corrected chi connectivity index (χ2v) is 8.50. The van der Waals surface area contributed by atoms with Crippen molar-refractivity contribution in [2.24, 2.45) is 28.9 Å². The van der Waals surface area contributed by atoms with Gasteiger partial charge < -0.3 is 5.73 Å². The minimum absolute atomic E-state index is 0.583. The van der Waals surface area contributed by atoms with Gasteiger partial charge in [0.2, 0.25) is 0 Å². The van der Waals surface area contributed by atoms with Gasteiger partial charge in [-0.05, 0) is 81.1 Å². The van der Waals surface area contributed by atoms with Gasteiger partial charge >= 0.3 is 0 Å². The van der Waals surface area contributed by atoms with Crippen molar-refractivity contribution in [3.63, 3.8) is 0 Å². The van der Waals surface area contributed by atoms with Gasteiger partial charge in [0.1, 0.15) is 5.54 Å². The van der Waals surface area contributed by atoms with Crippen LogP contribution in [-0.4, -0.2) is 30.1 Å². The van der Waals surface area contributed by atoms with Crippen molar-refractivity contribution < 1.29 is 0 Å². The van der Waals surface area contributed by atoms with Crippen LogP contribution in [0, 0.1) is 34.5 Å². The summed E-state index contributed by atoms with van der Waals surface area (Å²) in [4.78, 5) is 2.53. The number of nitrogens with zero attached hydrogens (tertiary/aromatic N) is 2. The van der Waals surface area contributed by atoms with E-state index in [1.165, 1.54) is 45.1 Å². The number of rotatable bonds is 2. The van der Waals surface area contributed by atoms with E-state index in [4.69, 9.17) is 5.73 Å². The summed E-state index contributed by atoms with van der Waals surface area (Å²) in [5, 5.41) is 9.30. The van der Waals surface area contributed by atoms with Crippen molar-refractivity contribution in [3.8, 4) is 6.07 Å². The van der Waals surface area contributed by atoms with Gasteiger partial charge in [0.05, 0.1) is 6.07 Å². The van der Waals surface area contributed by atoms with Crippen LogP contribution < -0.4 is 5.73 Å². The molecule has 1 heterocycles. The summed E-state index contributed by atoms with van der Waals surface area (Å²) in [6.45, 7) is 3.17. The Kier molecular flexibility index (Phi) is 2.91. The molecule has 3 nitrogen and oxygen atoms in total. The zero-order chi connectivity index (χ0) is 13.8. The van der Waals surface area contributed by atoms with Crippen molar-refractivity contribution in [2.75, 3.05) is 19.6 Å². The number of hydrogen-bond donors (Lipinski definition) is 1. The molecule has 0 radical (unpaired) electrons. The molecule has 3 heteroatoms. The third-order valence-corrected chi connectivity index (χ3v) is 6.55. The molecular formula is C17H27N3. The highest BCUT2D eigenvalue weighted by molar-refractivity contribution is 5.10. The quantitative estimate of drug-likeness (QED) is 0.841. The number of nitrogens with two attached hydrogens (primary N) is 1. The first kappa shape index (κ1) is 13.1. The Labute approximate surface area is 122 Å². The van der Waals surface area contributed by atoms with Crippen LogP contribution in [0.5, 0.6) is 0 Å². The third kappa shape index (κ3) is 2.18. The van der Waals surface area contributed by atoms with E-state index in [9.17, 15) is 5.26 Å². The van der Waals surface area contributed by atoms with E-state index >= 15 is 0 Å². The van der Waals surface area contributed by atoms with Crippen molar-refractivity contribution in [1.82, 2.24) is 4.90 Å². The Balaban J connectivity index is 1.48. The monoisotopic (exact) mass is 273 g/mol. The molecule has 0 amide bonds. The molecule has 5 rings (SSSR count). The van der Waals surface area contributed by atoms with Crippen LogP contribution in [0.1, 0.15) is 51.4 Å². The van der Waals surface area contributed by atoms with Gasteiger partial charge in [0, 0.05) is 13.1 Å². The Hall–Kier alpha value is -0.590. The highest BCUT2D eigenvalue weighted by Crippen LogP contribution is 2.60. The van der Waals surface area contributed by atoms with Crippen molar-refractivity contribution in [3.05, 3.63) is 0 Å². The summed E-state index contributed by atoms with van der Waals surface area (Å²) in [6.07, 6.45) is 10.9. The second-order valence-electron chi connectivity index (χ2n) is 8.50. The molecule has 5 fully saturated rings. The number of nitriles is 1. The first-order valence-electron chi connectivity index (χ1n) is 8.51. The van der Waals surface area contributed by atoms with E-state index in [2.05, 4.69) is 11.0 Å². The Morgan fingerprint density at radius 2 is 1.70 bits per heavy atom. The molecule has 110 valence electrons. The topological polar surface area (TPSA) is 53.1 Å². The summed E-state index contributed by atoms with van der Waals surface area (Å²) in [5.41, 5.74) is 6.22. The largest absolute Gasteiger partial charge is 0.312 e. The molecule has 4 saturated carbocycles. The molecule has 1 aliphatic heterocycles. The molecule has 20 heavy (non-hydrogen) atoms. The van der Waals surface area contributed by atoms with Crippen molar-refractivity contribution in [1.29, 1.82) is 5.26 Å². The van der Waals surface area contributed by atoms with E-state index in [0.29, 0.717) is 5.41 Å². The molecule has 0 aromatic carbocycles. The number of hydrogen-bond acceptors (Lipinski definition) is 3. The van der Waals surface area contributed by atoms with Gasteiger partial charge in [-0.1, -0.05) is 0 Å². The molecule has 0 aromatic heterocycles. The Morgan fingerprint density at radius 1 is 1.10 bits per heavy atom. The fraction of sp³-hybridized carbons (Fsp3) is 0.941. The van der Waals surface area contributed by atoms with Gasteiger partial charge in [-0.15, -0.1) is 0 Å². The predicted molar refractivity (Wildman–Crippen MR) is 78.8 cm³/mol. The lowest BCUT2D eigenvalue weighted by molar-refractivity contribution is -0.0729. The van der Waals surface area contributed by atoms with Crippen LogP contribution in [0.15, 0.2) is 0 Å². The summed E-state index contributed by atoms with van der Waals surface area (Å²) in [7, 11) is 0. The minimum atomic E-state index is -0.583. The number of likely N-dealkylation sites (tertiary alicyclic amines) is 1. The average molecular weight is 273 g/mol. The standard InChI is InChI=1S/C17H27N3/c18-10-17(19)2-1-3-20(12-17)11-16-7-13-4-14(8-16)6-15(5-13)9-16/h13-15H,1-9,11-12,19H2. The molecule has 4 bridgehead atoms. The Morgan fingerprint density at radius 3 is 2.25 bits per heavy atom. The highest BCUT2D eigenvalue weighted by atomic mass is 15.2. The van der Waals surface area contributed by atoms with Crippen molar-refractivity contribution >= 4 is 0 Å². The maximum atomic E-state index is 9.30. The van der Waals surface area contributed by atoms with E-state index in [1.807, 2.05) is 0 Å². The molecule has 5 aliphatic rings. The number of piperidine rings is 1. The van der Waals surface area contributed by atoms with E-state index < -0.39 is 5.54 Å². The van der Waals surface area contributed by atoms with Crippen LogP contribution in [0.3, 0.4) is 0 Å². The SMILES string of the molecule is N#CC1(N)CCCN(CC23CC4CC(CC(C4)C2)C3)C1. The van der Waals surface area contributed by atoms with Crippen molar-refractivity contribution in [2.45, 2.75) is 56.9 Å². The summed E-state index contributed by atoms with van der Waals surface area (Å²) >= 11 is 0. The minimum Gasteiger partial charge on any atom is -0.312 e. The first-order valence-corrected chi connectivity index (χ1v) is 8.51. The predicted octanol–water partition coefficient (Wildman–Crippen LogP) is 2.52. The fourth-order valence-corrected chi connectivity index (χ4v) is 6.36. The van der Waals surface area contributed by atoms with Crippen LogP contribution in [-0.2, 0) is 0 Å². The fourth-order valence-electron chi connectivity index (χ4n) is 6.36. The lowest BCUT2D eigenvalue weighted by atomic mass is 9.49.